The van der Waals surface area contributed by atoms with Gasteiger partial charge < -0.3 is 4.74 Å². The summed E-state index contributed by atoms with van der Waals surface area (Å²) in [5.74, 6) is 0.705. The Bertz CT molecular complexity index is 330. The summed E-state index contributed by atoms with van der Waals surface area (Å²) in [7, 11) is 0. The highest BCUT2D eigenvalue weighted by Crippen LogP contribution is 2.40. The van der Waals surface area contributed by atoms with Crippen molar-refractivity contribution in [2.75, 3.05) is 0 Å². The Morgan fingerprint density at radius 2 is 1.65 bits per heavy atom. The predicted octanol–water partition coefficient (Wildman–Crippen LogP) is 4.73. The highest BCUT2D eigenvalue weighted by atomic mass is 16.5. The summed E-state index contributed by atoms with van der Waals surface area (Å²) in [6, 6.07) is 10.7. The highest BCUT2D eigenvalue weighted by Gasteiger charge is 2.30. The molecule has 1 aromatic rings. The third-order valence-electron chi connectivity index (χ3n) is 3.44. The van der Waals surface area contributed by atoms with Crippen LogP contribution in [-0.4, -0.2) is 5.60 Å². The highest BCUT2D eigenvalue weighted by molar-refractivity contribution is 5.18. The first-order valence-corrected chi connectivity index (χ1v) is 6.79. The van der Waals surface area contributed by atoms with Crippen molar-refractivity contribution < 1.29 is 4.74 Å². The summed E-state index contributed by atoms with van der Waals surface area (Å²) in [4.78, 5) is 0. The van der Waals surface area contributed by atoms with E-state index in [0.29, 0.717) is 5.92 Å². The Hall–Kier alpha value is -0.820. The van der Waals surface area contributed by atoms with Gasteiger partial charge in [0.2, 0.25) is 0 Å². The quantitative estimate of drug-likeness (QED) is 0.732. The van der Waals surface area contributed by atoms with Gasteiger partial charge in [-0.3, -0.25) is 0 Å². The van der Waals surface area contributed by atoms with Crippen LogP contribution in [0.15, 0.2) is 30.3 Å². The fourth-order valence-corrected chi connectivity index (χ4v) is 2.72. The zero-order valence-corrected chi connectivity index (χ0v) is 11.3. The van der Waals surface area contributed by atoms with Gasteiger partial charge in [0.15, 0.2) is 0 Å². The number of benzene rings is 1. The maximum atomic E-state index is 6.31. The number of ether oxygens (including phenoxy) is 1. The fraction of sp³-hybridized carbons (Fsp3) is 0.625. The maximum Gasteiger partial charge on any atom is 0.0860 e. The van der Waals surface area contributed by atoms with Crippen LogP contribution in [0.1, 0.15) is 58.1 Å². The van der Waals surface area contributed by atoms with Crippen molar-refractivity contribution in [2.45, 2.75) is 58.2 Å². The van der Waals surface area contributed by atoms with E-state index in [4.69, 9.17) is 4.74 Å². The Labute approximate surface area is 105 Å². The topological polar surface area (TPSA) is 9.23 Å². The standard InChI is InChI=1S/C16H24O/c1-16(2,3)17-15(14-11-7-8-12-14)13-9-5-4-6-10-13/h4-6,9-10,14-15H,7-8,11-12H2,1-3H3/t15-/m0/s1. The molecule has 0 aliphatic heterocycles. The van der Waals surface area contributed by atoms with Crippen molar-refractivity contribution in [3.8, 4) is 0 Å². The second-order valence-corrected chi connectivity index (χ2v) is 6.11. The van der Waals surface area contributed by atoms with Gasteiger partial charge >= 0.3 is 0 Å². The molecule has 0 saturated heterocycles. The molecule has 0 aromatic heterocycles. The molecule has 0 bridgehead atoms. The van der Waals surface area contributed by atoms with Crippen molar-refractivity contribution in [3.05, 3.63) is 35.9 Å². The molecule has 0 heterocycles. The maximum absolute atomic E-state index is 6.31. The molecular formula is C16H24O. The van der Waals surface area contributed by atoms with Gasteiger partial charge in [-0.05, 0) is 45.1 Å². The van der Waals surface area contributed by atoms with Crippen LogP contribution in [0.5, 0.6) is 0 Å². The summed E-state index contributed by atoms with van der Waals surface area (Å²) in [6.07, 6.45) is 5.63. The van der Waals surface area contributed by atoms with E-state index in [1.54, 1.807) is 0 Å². The third-order valence-corrected chi connectivity index (χ3v) is 3.44. The minimum absolute atomic E-state index is 0.0664. The first-order chi connectivity index (χ1) is 8.06. The second kappa shape index (κ2) is 5.22. The van der Waals surface area contributed by atoms with E-state index in [1.807, 2.05) is 0 Å². The molecule has 1 atom stereocenters. The first kappa shape index (κ1) is 12.6. The smallest absolute Gasteiger partial charge is 0.0860 e. The summed E-state index contributed by atoms with van der Waals surface area (Å²) in [5, 5.41) is 0. The van der Waals surface area contributed by atoms with E-state index in [9.17, 15) is 0 Å². The molecule has 0 N–H and O–H groups in total. The molecule has 0 spiro atoms. The van der Waals surface area contributed by atoms with Crippen LogP contribution in [0.25, 0.3) is 0 Å². The van der Waals surface area contributed by atoms with Gasteiger partial charge in [-0.1, -0.05) is 43.2 Å². The van der Waals surface area contributed by atoms with Gasteiger partial charge in [0.25, 0.3) is 0 Å². The van der Waals surface area contributed by atoms with Crippen molar-refractivity contribution in [1.29, 1.82) is 0 Å². The monoisotopic (exact) mass is 232 g/mol. The summed E-state index contributed by atoms with van der Waals surface area (Å²) >= 11 is 0. The van der Waals surface area contributed by atoms with E-state index in [-0.39, 0.29) is 11.7 Å². The molecule has 0 amide bonds. The van der Waals surface area contributed by atoms with E-state index >= 15 is 0 Å². The lowest BCUT2D eigenvalue weighted by molar-refractivity contribution is -0.0866. The van der Waals surface area contributed by atoms with Crippen LogP contribution in [0.4, 0.5) is 0 Å². The molecule has 1 heteroatoms. The molecule has 0 unspecified atom stereocenters. The Morgan fingerprint density at radius 3 is 2.18 bits per heavy atom. The Morgan fingerprint density at radius 1 is 1.06 bits per heavy atom. The lowest BCUT2D eigenvalue weighted by atomic mass is 9.93. The normalized spacial score (nSPS) is 19.5. The first-order valence-electron chi connectivity index (χ1n) is 6.79. The van der Waals surface area contributed by atoms with E-state index in [1.165, 1.54) is 31.2 Å². The molecule has 1 aromatic carbocycles. The van der Waals surface area contributed by atoms with Crippen LogP contribution >= 0.6 is 0 Å². The van der Waals surface area contributed by atoms with Crippen molar-refractivity contribution >= 4 is 0 Å². The largest absolute Gasteiger partial charge is 0.368 e. The predicted molar refractivity (Wildman–Crippen MR) is 72.0 cm³/mol. The average molecular weight is 232 g/mol. The molecule has 1 saturated carbocycles. The molecule has 2 rings (SSSR count). The van der Waals surface area contributed by atoms with E-state index < -0.39 is 0 Å². The zero-order valence-electron chi connectivity index (χ0n) is 11.3. The van der Waals surface area contributed by atoms with Crippen LogP contribution < -0.4 is 0 Å². The van der Waals surface area contributed by atoms with E-state index in [2.05, 4.69) is 51.1 Å². The summed E-state index contributed by atoms with van der Waals surface area (Å²) in [5.41, 5.74) is 1.28. The van der Waals surface area contributed by atoms with Crippen LogP contribution in [0, 0.1) is 5.92 Å². The van der Waals surface area contributed by atoms with Crippen molar-refractivity contribution in [3.63, 3.8) is 0 Å². The minimum Gasteiger partial charge on any atom is -0.368 e. The van der Waals surface area contributed by atoms with Gasteiger partial charge in [-0.2, -0.15) is 0 Å². The van der Waals surface area contributed by atoms with Gasteiger partial charge in [0.1, 0.15) is 0 Å². The van der Waals surface area contributed by atoms with Gasteiger partial charge in [-0.25, -0.2) is 0 Å². The number of hydrogen-bond donors (Lipinski definition) is 0. The summed E-state index contributed by atoms with van der Waals surface area (Å²) in [6.45, 7) is 6.45. The Balaban J connectivity index is 2.17. The number of rotatable bonds is 3. The molecule has 17 heavy (non-hydrogen) atoms. The number of hydrogen-bond acceptors (Lipinski definition) is 1. The molecular weight excluding hydrogens is 208 g/mol. The molecule has 1 aliphatic rings. The zero-order chi connectivity index (χ0) is 12.3. The van der Waals surface area contributed by atoms with Crippen LogP contribution in [0.3, 0.4) is 0 Å². The summed E-state index contributed by atoms with van der Waals surface area (Å²) < 4.78 is 6.31. The van der Waals surface area contributed by atoms with Crippen LogP contribution in [0.2, 0.25) is 0 Å². The van der Waals surface area contributed by atoms with Gasteiger partial charge in [0, 0.05) is 0 Å². The second-order valence-electron chi connectivity index (χ2n) is 6.11. The Kier molecular flexibility index (Phi) is 3.88. The molecule has 1 aliphatic carbocycles. The lowest BCUT2D eigenvalue weighted by Crippen LogP contribution is -2.26. The molecule has 0 radical (unpaired) electrons. The minimum atomic E-state index is -0.0664. The van der Waals surface area contributed by atoms with Gasteiger partial charge in [-0.15, -0.1) is 0 Å². The SMILES string of the molecule is CC(C)(C)O[C@@H](c1ccccc1)C1CCCC1. The molecule has 94 valence electrons. The molecule has 1 nitrogen and oxygen atoms in total. The van der Waals surface area contributed by atoms with E-state index in [0.717, 1.165) is 0 Å². The molecule has 1 fully saturated rings. The fourth-order valence-electron chi connectivity index (χ4n) is 2.72. The third kappa shape index (κ3) is 3.57. The van der Waals surface area contributed by atoms with Crippen LogP contribution in [-0.2, 0) is 4.74 Å². The van der Waals surface area contributed by atoms with Gasteiger partial charge in [0.05, 0.1) is 11.7 Å². The average Bonchev–Trinajstić information content (AvgIpc) is 2.79. The van der Waals surface area contributed by atoms with Crippen molar-refractivity contribution in [2.24, 2.45) is 5.92 Å². The van der Waals surface area contributed by atoms with Crippen molar-refractivity contribution in [1.82, 2.24) is 0 Å². The lowest BCUT2D eigenvalue weighted by Gasteiger charge is -2.32.